The maximum absolute atomic E-state index is 13.5. The van der Waals surface area contributed by atoms with Crippen molar-refractivity contribution in [1.29, 1.82) is 0 Å². The van der Waals surface area contributed by atoms with E-state index in [1.54, 1.807) is 18.5 Å². The SMILES string of the molecule is O=C(NC(c1ncccn1)C1CCCC1)c1ccc2[nH]nc(-c3ccc(N4C5CCC4CC(O)C5)cc3)c2c1. The standard InChI is InChI=1S/C31H34N6O2/c38-25-17-23-11-12-24(18-25)37(23)22-9-6-20(7-10-22)28-26-16-21(8-13-27(26)35-36-28)31(39)34-29(19-4-1-2-5-19)30-32-14-3-15-33-30/h3,6-10,13-16,19,23-25,29,38H,1-2,4-5,11-12,17-18H2,(H,34,39)(H,35,36). The zero-order chi connectivity index (χ0) is 26.3. The van der Waals surface area contributed by atoms with Crippen molar-refractivity contribution in [1.82, 2.24) is 25.5 Å². The summed E-state index contributed by atoms with van der Waals surface area (Å²) in [4.78, 5) is 24.9. The minimum atomic E-state index is -0.195. The Hall–Kier alpha value is -3.78. The maximum Gasteiger partial charge on any atom is 0.251 e. The summed E-state index contributed by atoms with van der Waals surface area (Å²) >= 11 is 0. The first-order chi connectivity index (χ1) is 19.1. The Labute approximate surface area is 227 Å². The number of H-pyrrole nitrogens is 1. The first kappa shape index (κ1) is 24.3. The van der Waals surface area contributed by atoms with Crippen molar-refractivity contribution in [3.05, 3.63) is 72.3 Å². The van der Waals surface area contributed by atoms with Crippen LogP contribution in [-0.2, 0) is 0 Å². The van der Waals surface area contributed by atoms with Gasteiger partial charge in [0.2, 0.25) is 0 Å². The summed E-state index contributed by atoms with van der Waals surface area (Å²) in [6, 6.07) is 16.7. The number of piperidine rings is 1. The number of anilines is 1. The minimum Gasteiger partial charge on any atom is -0.393 e. The molecule has 0 spiro atoms. The van der Waals surface area contributed by atoms with E-state index in [1.165, 1.54) is 18.5 Å². The van der Waals surface area contributed by atoms with Crippen LogP contribution in [-0.4, -0.2) is 49.4 Å². The number of aromatic nitrogens is 4. The molecule has 1 saturated carbocycles. The Morgan fingerprint density at radius 3 is 2.41 bits per heavy atom. The smallest absolute Gasteiger partial charge is 0.251 e. The number of nitrogens with zero attached hydrogens (tertiary/aromatic N) is 4. The summed E-state index contributed by atoms with van der Waals surface area (Å²) in [7, 11) is 0. The Morgan fingerprint density at radius 1 is 0.974 bits per heavy atom. The van der Waals surface area contributed by atoms with Crippen LogP contribution >= 0.6 is 0 Å². The van der Waals surface area contributed by atoms with Crippen molar-refractivity contribution >= 4 is 22.5 Å². The highest BCUT2D eigenvalue weighted by Gasteiger charge is 2.40. The Bertz CT molecular complexity index is 1450. The number of benzene rings is 2. The van der Waals surface area contributed by atoms with Gasteiger partial charge in [0.05, 0.1) is 23.4 Å². The van der Waals surface area contributed by atoms with Gasteiger partial charge in [-0.15, -0.1) is 0 Å². The molecule has 200 valence electrons. The minimum absolute atomic E-state index is 0.119. The second kappa shape index (κ2) is 10.1. The van der Waals surface area contributed by atoms with Gasteiger partial charge < -0.3 is 15.3 Å². The molecule has 2 saturated heterocycles. The van der Waals surface area contributed by atoms with Crippen LogP contribution in [0.4, 0.5) is 5.69 Å². The Kier molecular flexibility index (Phi) is 6.27. The number of aliphatic hydroxyl groups is 1. The molecule has 8 heteroatoms. The number of aliphatic hydroxyl groups excluding tert-OH is 1. The van der Waals surface area contributed by atoms with Crippen LogP contribution in [0.2, 0.25) is 0 Å². The van der Waals surface area contributed by atoms with Crippen LogP contribution in [0.3, 0.4) is 0 Å². The number of hydrogen-bond acceptors (Lipinski definition) is 6. The van der Waals surface area contributed by atoms with Crippen LogP contribution in [0, 0.1) is 5.92 Å². The van der Waals surface area contributed by atoms with Gasteiger partial charge in [-0.05, 0) is 80.8 Å². The van der Waals surface area contributed by atoms with Gasteiger partial charge in [0, 0.05) is 46.7 Å². The zero-order valence-corrected chi connectivity index (χ0v) is 22.0. The van der Waals surface area contributed by atoms with E-state index >= 15 is 0 Å². The van der Waals surface area contributed by atoms with E-state index in [0.717, 1.165) is 60.7 Å². The summed E-state index contributed by atoms with van der Waals surface area (Å²) in [5, 5.41) is 22.1. The van der Waals surface area contributed by atoms with Crippen molar-refractivity contribution < 1.29 is 9.90 Å². The first-order valence-corrected chi connectivity index (χ1v) is 14.3. The predicted octanol–water partition coefficient (Wildman–Crippen LogP) is 5.17. The number of carbonyl (C=O) groups is 1. The lowest BCUT2D eigenvalue weighted by Gasteiger charge is -2.39. The van der Waals surface area contributed by atoms with Gasteiger partial charge in [-0.2, -0.15) is 5.10 Å². The molecule has 2 aromatic heterocycles. The largest absolute Gasteiger partial charge is 0.393 e. The molecule has 0 radical (unpaired) electrons. The molecule has 2 bridgehead atoms. The fourth-order valence-electron chi connectivity index (χ4n) is 7.12. The molecule has 3 atom stereocenters. The van der Waals surface area contributed by atoms with Gasteiger partial charge in [0.15, 0.2) is 5.82 Å². The lowest BCUT2D eigenvalue weighted by Crippen LogP contribution is -2.44. The van der Waals surface area contributed by atoms with Crippen LogP contribution in [0.25, 0.3) is 22.2 Å². The number of carbonyl (C=O) groups excluding carboxylic acids is 1. The van der Waals surface area contributed by atoms with Crippen LogP contribution in [0.1, 0.15) is 73.6 Å². The molecule has 2 aliphatic heterocycles. The molecule has 4 aromatic rings. The van der Waals surface area contributed by atoms with Gasteiger partial charge >= 0.3 is 0 Å². The maximum atomic E-state index is 13.5. The van der Waals surface area contributed by atoms with E-state index in [1.807, 2.05) is 18.2 Å². The van der Waals surface area contributed by atoms with Gasteiger partial charge in [0.25, 0.3) is 5.91 Å². The molecule has 2 aromatic carbocycles. The molecule has 3 N–H and O–H groups in total. The molecule has 3 fully saturated rings. The van der Waals surface area contributed by atoms with Crippen molar-refractivity contribution in [2.24, 2.45) is 5.92 Å². The van der Waals surface area contributed by atoms with Crippen LogP contribution in [0.15, 0.2) is 60.9 Å². The summed E-state index contributed by atoms with van der Waals surface area (Å²) < 4.78 is 0. The molecular formula is C31H34N6O2. The van der Waals surface area contributed by atoms with Crippen molar-refractivity contribution in [3.63, 3.8) is 0 Å². The van der Waals surface area contributed by atoms with Gasteiger partial charge in [-0.25, -0.2) is 9.97 Å². The van der Waals surface area contributed by atoms with E-state index in [4.69, 9.17) is 0 Å². The molecule has 3 aliphatic rings. The topological polar surface area (TPSA) is 107 Å². The second-order valence-corrected chi connectivity index (χ2v) is 11.4. The molecule has 39 heavy (non-hydrogen) atoms. The lowest BCUT2D eigenvalue weighted by molar-refractivity contribution is 0.0919. The third-order valence-corrected chi connectivity index (χ3v) is 8.99. The number of hydrogen-bond donors (Lipinski definition) is 3. The van der Waals surface area contributed by atoms with Gasteiger partial charge in [0.1, 0.15) is 0 Å². The average molecular weight is 523 g/mol. The summed E-state index contributed by atoms with van der Waals surface area (Å²) in [5.41, 5.74) is 4.55. The number of amides is 1. The summed E-state index contributed by atoms with van der Waals surface area (Å²) in [6.45, 7) is 0. The normalized spacial score (nSPS) is 23.8. The monoisotopic (exact) mass is 522 g/mol. The van der Waals surface area contributed by atoms with Gasteiger partial charge in [-0.1, -0.05) is 25.0 Å². The molecule has 7 rings (SSSR count). The van der Waals surface area contributed by atoms with Crippen LogP contribution < -0.4 is 10.2 Å². The zero-order valence-electron chi connectivity index (χ0n) is 22.0. The van der Waals surface area contributed by atoms with E-state index in [0.29, 0.717) is 29.4 Å². The summed E-state index contributed by atoms with van der Waals surface area (Å²) in [5.74, 6) is 0.910. The molecule has 1 amide bonds. The molecule has 8 nitrogen and oxygen atoms in total. The number of rotatable bonds is 6. The number of nitrogens with one attached hydrogen (secondary N) is 2. The lowest BCUT2D eigenvalue weighted by atomic mass is 9.96. The van der Waals surface area contributed by atoms with Crippen molar-refractivity contribution in [3.8, 4) is 11.3 Å². The van der Waals surface area contributed by atoms with E-state index in [9.17, 15) is 9.90 Å². The van der Waals surface area contributed by atoms with Crippen molar-refractivity contribution in [2.45, 2.75) is 75.6 Å². The van der Waals surface area contributed by atoms with E-state index in [2.05, 4.69) is 54.6 Å². The van der Waals surface area contributed by atoms with Crippen molar-refractivity contribution in [2.75, 3.05) is 4.90 Å². The highest BCUT2D eigenvalue weighted by Crippen LogP contribution is 2.40. The fraction of sp³-hybridized carbons (Fsp3) is 0.419. The van der Waals surface area contributed by atoms with Gasteiger partial charge in [-0.3, -0.25) is 9.89 Å². The number of aromatic amines is 1. The molecule has 3 unspecified atom stereocenters. The molecular weight excluding hydrogens is 488 g/mol. The van der Waals surface area contributed by atoms with E-state index < -0.39 is 0 Å². The third-order valence-electron chi connectivity index (χ3n) is 8.99. The average Bonchev–Trinajstić information content (AvgIpc) is 3.70. The summed E-state index contributed by atoms with van der Waals surface area (Å²) in [6.07, 6.45) is 11.8. The first-order valence-electron chi connectivity index (χ1n) is 14.3. The third kappa shape index (κ3) is 4.56. The highest BCUT2D eigenvalue weighted by molar-refractivity contribution is 6.01. The fourth-order valence-corrected chi connectivity index (χ4v) is 7.12. The number of fused-ring (bicyclic) bond motifs is 3. The molecule has 4 heterocycles. The Balaban J connectivity index is 1.14. The quantitative estimate of drug-likeness (QED) is 0.322. The van der Waals surface area contributed by atoms with E-state index in [-0.39, 0.29) is 18.1 Å². The Morgan fingerprint density at radius 2 is 1.69 bits per heavy atom. The van der Waals surface area contributed by atoms with Crippen LogP contribution in [0.5, 0.6) is 0 Å². The highest BCUT2D eigenvalue weighted by atomic mass is 16.3. The second-order valence-electron chi connectivity index (χ2n) is 11.4. The molecule has 1 aliphatic carbocycles. The predicted molar refractivity (Wildman–Crippen MR) is 150 cm³/mol.